The molecule has 0 radical (unpaired) electrons. The van der Waals surface area contributed by atoms with E-state index in [-0.39, 0.29) is 12.0 Å². The van der Waals surface area contributed by atoms with Crippen LogP contribution in [0, 0.1) is 0 Å². The summed E-state index contributed by atoms with van der Waals surface area (Å²) in [7, 11) is 0. The van der Waals surface area contributed by atoms with Gasteiger partial charge in [-0.1, -0.05) is 43.5 Å². The van der Waals surface area contributed by atoms with Crippen LogP contribution in [0.1, 0.15) is 43.2 Å². The van der Waals surface area contributed by atoms with E-state index in [1.807, 2.05) is 18.2 Å². The minimum atomic E-state index is -2.29. The zero-order valence-electron chi connectivity index (χ0n) is 9.96. The molecule has 1 fully saturated rings. The lowest BCUT2D eigenvalue weighted by Crippen LogP contribution is -2.38. The van der Waals surface area contributed by atoms with Crippen LogP contribution in [0.25, 0.3) is 0 Å². The molecule has 1 aliphatic carbocycles. The summed E-state index contributed by atoms with van der Waals surface area (Å²) in [5, 5.41) is 0. The number of halogens is 2. The van der Waals surface area contributed by atoms with Gasteiger partial charge in [0, 0.05) is 12.0 Å². The highest BCUT2D eigenvalue weighted by Gasteiger charge is 2.29. The Bertz CT molecular complexity index is 370. The van der Waals surface area contributed by atoms with E-state index in [0.717, 1.165) is 31.2 Å². The minimum absolute atomic E-state index is 0.177. The first kappa shape index (κ1) is 12.5. The van der Waals surface area contributed by atoms with Gasteiger partial charge < -0.3 is 5.73 Å². The van der Waals surface area contributed by atoms with E-state index < -0.39 is 6.43 Å². The van der Waals surface area contributed by atoms with Gasteiger partial charge in [0.15, 0.2) is 0 Å². The summed E-state index contributed by atoms with van der Waals surface area (Å²) in [4.78, 5) is 0. The molecule has 0 saturated heterocycles. The molecule has 0 unspecified atom stereocenters. The Hall–Kier alpha value is -0.960. The van der Waals surface area contributed by atoms with Crippen molar-refractivity contribution in [3.63, 3.8) is 0 Å². The van der Waals surface area contributed by atoms with E-state index in [1.54, 1.807) is 6.07 Å². The van der Waals surface area contributed by atoms with Gasteiger partial charge in [0.05, 0.1) is 0 Å². The van der Waals surface area contributed by atoms with Crippen molar-refractivity contribution in [2.75, 3.05) is 0 Å². The first-order valence-electron chi connectivity index (χ1n) is 6.27. The van der Waals surface area contributed by atoms with Crippen LogP contribution in [0.2, 0.25) is 0 Å². The summed E-state index contributed by atoms with van der Waals surface area (Å²) in [5.41, 5.74) is 7.81. The number of benzene rings is 1. The third-order valence-corrected chi connectivity index (χ3v) is 3.64. The lowest BCUT2D eigenvalue weighted by atomic mass is 9.77. The molecule has 17 heavy (non-hydrogen) atoms. The standard InChI is InChI=1S/C14H19F2N/c15-13(16)10-11-5-4-6-12(9-11)14(17)7-2-1-3-8-14/h4-6,9,13H,1-3,7-8,10,17H2. The van der Waals surface area contributed by atoms with E-state index in [1.165, 1.54) is 6.42 Å². The van der Waals surface area contributed by atoms with Gasteiger partial charge >= 0.3 is 0 Å². The molecule has 1 aromatic carbocycles. The van der Waals surface area contributed by atoms with Crippen molar-refractivity contribution in [3.05, 3.63) is 35.4 Å². The summed E-state index contributed by atoms with van der Waals surface area (Å²) >= 11 is 0. The van der Waals surface area contributed by atoms with Gasteiger partial charge in [-0.2, -0.15) is 0 Å². The highest BCUT2D eigenvalue weighted by atomic mass is 19.3. The maximum absolute atomic E-state index is 12.4. The number of hydrogen-bond donors (Lipinski definition) is 1. The Labute approximate surface area is 101 Å². The Kier molecular flexibility index (Phi) is 3.77. The third-order valence-electron chi connectivity index (χ3n) is 3.64. The van der Waals surface area contributed by atoms with E-state index in [4.69, 9.17) is 5.73 Å². The molecule has 3 heteroatoms. The van der Waals surface area contributed by atoms with E-state index in [9.17, 15) is 8.78 Å². The Morgan fingerprint density at radius 3 is 2.53 bits per heavy atom. The fourth-order valence-electron chi connectivity index (χ4n) is 2.66. The van der Waals surface area contributed by atoms with Crippen molar-refractivity contribution in [2.45, 2.75) is 50.5 Å². The van der Waals surface area contributed by atoms with Gasteiger partial charge in [0.2, 0.25) is 6.43 Å². The molecule has 0 aromatic heterocycles. The van der Waals surface area contributed by atoms with Crippen LogP contribution in [0.5, 0.6) is 0 Å². The van der Waals surface area contributed by atoms with Crippen LogP contribution < -0.4 is 5.73 Å². The number of alkyl halides is 2. The molecule has 1 nitrogen and oxygen atoms in total. The van der Waals surface area contributed by atoms with Gasteiger partial charge in [0.25, 0.3) is 0 Å². The van der Waals surface area contributed by atoms with Crippen LogP contribution >= 0.6 is 0 Å². The van der Waals surface area contributed by atoms with Gasteiger partial charge in [-0.3, -0.25) is 0 Å². The zero-order valence-corrected chi connectivity index (χ0v) is 9.96. The van der Waals surface area contributed by atoms with Crippen LogP contribution in [0.3, 0.4) is 0 Å². The Morgan fingerprint density at radius 2 is 1.88 bits per heavy atom. The molecule has 2 rings (SSSR count). The van der Waals surface area contributed by atoms with Crippen LogP contribution in [0.15, 0.2) is 24.3 Å². The predicted octanol–water partition coefficient (Wildman–Crippen LogP) is 3.61. The highest BCUT2D eigenvalue weighted by molar-refractivity contribution is 5.30. The maximum atomic E-state index is 12.4. The maximum Gasteiger partial charge on any atom is 0.242 e. The molecule has 1 aliphatic rings. The smallest absolute Gasteiger partial charge is 0.242 e. The van der Waals surface area contributed by atoms with Gasteiger partial charge in [-0.15, -0.1) is 0 Å². The average molecular weight is 239 g/mol. The largest absolute Gasteiger partial charge is 0.321 e. The van der Waals surface area contributed by atoms with Crippen molar-refractivity contribution >= 4 is 0 Å². The highest BCUT2D eigenvalue weighted by Crippen LogP contribution is 2.35. The topological polar surface area (TPSA) is 26.0 Å². The second-order valence-electron chi connectivity index (χ2n) is 5.01. The van der Waals surface area contributed by atoms with E-state index in [2.05, 4.69) is 0 Å². The molecular weight excluding hydrogens is 220 g/mol. The summed E-state index contributed by atoms with van der Waals surface area (Å²) in [6.07, 6.45) is 2.96. The summed E-state index contributed by atoms with van der Waals surface area (Å²) in [6, 6.07) is 7.43. The molecule has 2 N–H and O–H groups in total. The zero-order chi connectivity index (χ0) is 12.3. The molecule has 0 atom stereocenters. The predicted molar refractivity (Wildman–Crippen MR) is 65.1 cm³/mol. The van der Waals surface area contributed by atoms with Crippen molar-refractivity contribution in [1.29, 1.82) is 0 Å². The second-order valence-corrected chi connectivity index (χ2v) is 5.01. The lowest BCUT2D eigenvalue weighted by Gasteiger charge is -2.34. The van der Waals surface area contributed by atoms with Gasteiger partial charge in [-0.05, 0) is 24.0 Å². The minimum Gasteiger partial charge on any atom is -0.321 e. The monoisotopic (exact) mass is 239 g/mol. The van der Waals surface area contributed by atoms with Crippen LogP contribution in [-0.2, 0) is 12.0 Å². The normalized spacial score (nSPS) is 19.5. The Morgan fingerprint density at radius 1 is 1.18 bits per heavy atom. The number of rotatable bonds is 3. The average Bonchev–Trinajstić information content (AvgIpc) is 2.29. The van der Waals surface area contributed by atoms with Crippen molar-refractivity contribution in [1.82, 2.24) is 0 Å². The van der Waals surface area contributed by atoms with Crippen molar-refractivity contribution < 1.29 is 8.78 Å². The second kappa shape index (κ2) is 5.13. The SMILES string of the molecule is NC1(c2cccc(CC(F)F)c2)CCCCC1. The summed E-state index contributed by atoms with van der Waals surface area (Å²) in [6.45, 7) is 0. The molecule has 0 amide bonds. The molecule has 0 aliphatic heterocycles. The molecule has 1 aromatic rings. The molecule has 94 valence electrons. The van der Waals surface area contributed by atoms with E-state index >= 15 is 0 Å². The van der Waals surface area contributed by atoms with Gasteiger partial charge in [0.1, 0.15) is 0 Å². The third kappa shape index (κ3) is 3.03. The number of nitrogens with two attached hydrogens (primary N) is 1. The summed E-state index contributed by atoms with van der Waals surface area (Å²) < 4.78 is 24.7. The molecule has 0 bridgehead atoms. The van der Waals surface area contributed by atoms with Crippen molar-refractivity contribution in [2.24, 2.45) is 5.73 Å². The van der Waals surface area contributed by atoms with Crippen molar-refractivity contribution in [3.8, 4) is 0 Å². The summed E-state index contributed by atoms with van der Waals surface area (Å²) in [5.74, 6) is 0. The Balaban J connectivity index is 2.19. The van der Waals surface area contributed by atoms with Crippen LogP contribution in [0.4, 0.5) is 8.78 Å². The first-order chi connectivity index (χ1) is 8.10. The van der Waals surface area contributed by atoms with Gasteiger partial charge in [-0.25, -0.2) is 8.78 Å². The fourth-order valence-corrected chi connectivity index (χ4v) is 2.66. The molecule has 0 heterocycles. The first-order valence-corrected chi connectivity index (χ1v) is 6.27. The lowest BCUT2D eigenvalue weighted by molar-refractivity contribution is 0.149. The molecule has 0 spiro atoms. The quantitative estimate of drug-likeness (QED) is 0.856. The molecule has 1 saturated carbocycles. The fraction of sp³-hybridized carbons (Fsp3) is 0.571. The van der Waals surface area contributed by atoms with Crippen LogP contribution in [-0.4, -0.2) is 6.43 Å². The van der Waals surface area contributed by atoms with E-state index in [0.29, 0.717) is 5.56 Å². The molecular formula is C14H19F2N. The number of hydrogen-bond acceptors (Lipinski definition) is 1.